The highest BCUT2D eigenvalue weighted by molar-refractivity contribution is 5.99. The van der Waals surface area contributed by atoms with Crippen molar-refractivity contribution in [2.24, 2.45) is 10.8 Å². The summed E-state index contributed by atoms with van der Waals surface area (Å²) in [4.78, 5) is 0. The van der Waals surface area contributed by atoms with Gasteiger partial charge in [0.25, 0.3) is 0 Å². The number of unbranched alkanes of at least 4 members (excludes halogenated alkanes) is 1. The summed E-state index contributed by atoms with van der Waals surface area (Å²) in [6, 6.07) is 18.4. The van der Waals surface area contributed by atoms with Crippen LogP contribution in [0, 0.1) is 10.8 Å². The van der Waals surface area contributed by atoms with E-state index in [2.05, 4.69) is 87.7 Å². The Balaban J connectivity index is 1.96. The summed E-state index contributed by atoms with van der Waals surface area (Å²) in [6.45, 7) is 13.4. The Morgan fingerprint density at radius 2 is 1.56 bits per heavy atom. The minimum absolute atomic E-state index is 0.100. The lowest BCUT2D eigenvalue weighted by molar-refractivity contribution is -0.0849. The van der Waals surface area contributed by atoms with Crippen molar-refractivity contribution in [3.05, 3.63) is 59.7 Å². The number of hydrogen-bond acceptors (Lipinski definition) is 0. The highest BCUT2D eigenvalue weighted by Gasteiger charge is 2.70. The number of aryl methyl sites for hydroxylation is 1. The summed E-state index contributed by atoms with van der Waals surface area (Å²) in [5.41, 5.74) is 8.19. The molecule has 1 aromatic heterocycles. The summed E-state index contributed by atoms with van der Waals surface area (Å²) in [7, 11) is 0. The normalized spacial score (nSPS) is 20.5. The fourth-order valence-corrected chi connectivity index (χ4v) is 7.25. The van der Waals surface area contributed by atoms with E-state index in [-0.39, 0.29) is 16.2 Å². The molecule has 1 heteroatoms. The van der Waals surface area contributed by atoms with E-state index in [1.165, 1.54) is 41.4 Å². The van der Waals surface area contributed by atoms with Gasteiger partial charge in [-0.05, 0) is 40.9 Å². The number of benzene rings is 2. The van der Waals surface area contributed by atoms with Crippen LogP contribution in [0.3, 0.4) is 0 Å². The van der Waals surface area contributed by atoms with Gasteiger partial charge in [0, 0.05) is 28.4 Å². The molecule has 2 aliphatic rings. The molecule has 0 bridgehead atoms. The molecule has 0 saturated heterocycles. The van der Waals surface area contributed by atoms with E-state index >= 15 is 0 Å². The highest BCUT2D eigenvalue weighted by Crippen LogP contribution is 2.76. The topological polar surface area (TPSA) is 4.93 Å². The number of nitrogens with zero attached hydrogens (tertiary/aromatic N) is 1. The Labute approximate surface area is 163 Å². The van der Waals surface area contributed by atoms with Crippen LogP contribution in [0.4, 0.5) is 0 Å². The van der Waals surface area contributed by atoms with Gasteiger partial charge in [0.15, 0.2) is 0 Å². The van der Waals surface area contributed by atoms with Gasteiger partial charge in [0.2, 0.25) is 0 Å². The van der Waals surface area contributed by atoms with E-state index < -0.39 is 0 Å². The molecular formula is C26H31N. The van der Waals surface area contributed by atoms with Crippen molar-refractivity contribution in [2.75, 3.05) is 0 Å². The van der Waals surface area contributed by atoms with E-state index in [9.17, 15) is 0 Å². The van der Waals surface area contributed by atoms with Crippen LogP contribution >= 0.6 is 0 Å². The van der Waals surface area contributed by atoms with Crippen molar-refractivity contribution in [3.8, 4) is 11.3 Å². The van der Waals surface area contributed by atoms with Crippen LogP contribution in [-0.2, 0) is 12.0 Å². The first-order chi connectivity index (χ1) is 12.9. The van der Waals surface area contributed by atoms with E-state index in [0.29, 0.717) is 0 Å². The molecule has 5 rings (SSSR count). The average Bonchev–Trinajstić information content (AvgIpc) is 3.11. The molecule has 2 aromatic carbocycles. The molecule has 0 aliphatic heterocycles. The average molecular weight is 358 g/mol. The first kappa shape index (κ1) is 17.1. The largest absolute Gasteiger partial charge is 0.340 e. The lowest BCUT2D eigenvalue weighted by Gasteiger charge is -2.67. The Hall–Kier alpha value is -2.02. The maximum absolute atomic E-state index is 2.63. The van der Waals surface area contributed by atoms with Crippen LogP contribution in [0.25, 0.3) is 22.2 Å². The Bertz CT molecular complexity index is 1030. The SMILES string of the molecule is CCCCn1c2c(c3ccccc31)C1(c3ccccc3-2)C(C)(C)CC1(C)C. The molecule has 1 nitrogen and oxygen atoms in total. The third-order valence-electron chi connectivity index (χ3n) is 7.58. The van der Waals surface area contributed by atoms with Gasteiger partial charge in [-0.2, -0.15) is 0 Å². The Morgan fingerprint density at radius 1 is 0.889 bits per heavy atom. The number of para-hydroxylation sites is 1. The second-order valence-electron chi connectivity index (χ2n) is 9.99. The molecule has 27 heavy (non-hydrogen) atoms. The van der Waals surface area contributed by atoms with E-state index in [1.54, 1.807) is 11.1 Å². The third-order valence-corrected chi connectivity index (χ3v) is 7.58. The molecule has 2 aliphatic carbocycles. The molecule has 1 fully saturated rings. The van der Waals surface area contributed by atoms with Gasteiger partial charge in [-0.15, -0.1) is 0 Å². The van der Waals surface area contributed by atoms with Crippen molar-refractivity contribution >= 4 is 10.9 Å². The van der Waals surface area contributed by atoms with Gasteiger partial charge in [0.1, 0.15) is 0 Å². The lowest BCUT2D eigenvalue weighted by Crippen LogP contribution is -2.63. The zero-order valence-electron chi connectivity index (χ0n) is 17.4. The van der Waals surface area contributed by atoms with Crippen molar-refractivity contribution in [1.29, 1.82) is 0 Å². The summed E-state index contributed by atoms with van der Waals surface area (Å²) in [5.74, 6) is 0. The third kappa shape index (κ3) is 1.81. The Kier molecular flexibility index (Phi) is 3.34. The molecule has 3 aromatic rings. The summed E-state index contributed by atoms with van der Waals surface area (Å²) in [5, 5.41) is 1.47. The van der Waals surface area contributed by atoms with Gasteiger partial charge >= 0.3 is 0 Å². The number of fused-ring (bicyclic) bond motifs is 7. The lowest BCUT2D eigenvalue weighted by atomic mass is 9.35. The number of hydrogen-bond donors (Lipinski definition) is 0. The molecule has 1 spiro atoms. The second kappa shape index (κ2) is 5.28. The van der Waals surface area contributed by atoms with Crippen molar-refractivity contribution in [1.82, 2.24) is 4.57 Å². The molecule has 0 atom stereocenters. The minimum Gasteiger partial charge on any atom is -0.340 e. The van der Waals surface area contributed by atoms with Crippen LogP contribution in [0.2, 0.25) is 0 Å². The zero-order valence-corrected chi connectivity index (χ0v) is 17.4. The van der Waals surface area contributed by atoms with Crippen molar-refractivity contribution < 1.29 is 0 Å². The fraction of sp³-hybridized carbons (Fsp3) is 0.462. The first-order valence-corrected chi connectivity index (χ1v) is 10.6. The molecule has 1 saturated carbocycles. The number of aromatic nitrogens is 1. The molecular weight excluding hydrogens is 326 g/mol. The van der Waals surface area contributed by atoms with Crippen molar-refractivity contribution in [3.63, 3.8) is 0 Å². The molecule has 0 amide bonds. The standard InChI is InChI=1S/C26H31N/c1-6-7-16-27-21-15-11-9-13-19(21)22-23(27)18-12-8-10-14-20(18)26(22)24(2,3)17-25(26,4)5/h8-15H,6-7,16-17H2,1-5H3. The molecule has 0 unspecified atom stereocenters. The maximum Gasteiger partial charge on any atom is 0.0536 e. The molecule has 0 N–H and O–H groups in total. The predicted molar refractivity (Wildman–Crippen MR) is 115 cm³/mol. The maximum atomic E-state index is 2.63. The highest BCUT2D eigenvalue weighted by atomic mass is 15.0. The van der Waals surface area contributed by atoms with Gasteiger partial charge in [-0.1, -0.05) is 83.5 Å². The van der Waals surface area contributed by atoms with Crippen LogP contribution in [0.5, 0.6) is 0 Å². The summed E-state index contributed by atoms with van der Waals surface area (Å²) >= 11 is 0. The summed E-state index contributed by atoms with van der Waals surface area (Å²) in [6.07, 6.45) is 3.72. The second-order valence-corrected chi connectivity index (χ2v) is 9.99. The van der Waals surface area contributed by atoms with Crippen LogP contribution in [0.15, 0.2) is 48.5 Å². The van der Waals surface area contributed by atoms with Gasteiger partial charge in [-0.25, -0.2) is 0 Å². The van der Waals surface area contributed by atoms with Crippen molar-refractivity contribution in [2.45, 2.75) is 65.8 Å². The fourth-order valence-electron chi connectivity index (χ4n) is 7.25. The smallest absolute Gasteiger partial charge is 0.0536 e. The van der Waals surface area contributed by atoms with Crippen LogP contribution in [0.1, 0.15) is 65.0 Å². The van der Waals surface area contributed by atoms with Gasteiger partial charge < -0.3 is 4.57 Å². The first-order valence-electron chi connectivity index (χ1n) is 10.6. The minimum atomic E-state index is 0.100. The quantitative estimate of drug-likeness (QED) is 0.468. The Morgan fingerprint density at radius 3 is 2.26 bits per heavy atom. The van der Waals surface area contributed by atoms with E-state index in [0.717, 1.165) is 6.54 Å². The number of rotatable bonds is 3. The van der Waals surface area contributed by atoms with E-state index in [1.807, 2.05) is 0 Å². The van der Waals surface area contributed by atoms with Crippen LogP contribution < -0.4 is 0 Å². The predicted octanol–water partition coefficient (Wildman–Crippen LogP) is 7.16. The van der Waals surface area contributed by atoms with Gasteiger partial charge in [0.05, 0.1) is 5.69 Å². The monoisotopic (exact) mass is 357 g/mol. The van der Waals surface area contributed by atoms with Gasteiger partial charge in [-0.3, -0.25) is 0 Å². The van der Waals surface area contributed by atoms with E-state index in [4.69, 9.17) is 0 Å². The molecule has 1 heterocycles. The zero-order chi connectivity index (χ0) is 19.0. The van der Waals surface area contributed by atoms with Crippen LogP contribution in [-0.4, -0.2) is 4.57 Å². The summed E-state index contributed by atoms with van der Waals surface area (Å²) < 4.78 is 2.63. The molecule has 140 valence electrons. The molecule has 0 radical (unpaired) electrons.